The molecule has 3 heterocycles. The Kier molecular flexibility index (Phi) is 4.68. The molecule has 2 aromatic rings. The molecular weight excluding hydrogens is 328 g/mol. The number of ether oxygens (including phenoxy) is 2. The number of hydrogen-bond donors (Lipinski definition) is 0. The first-order chi connectivity index (χ1) is 12.7. The van der Waals surface area contributed by atoms with Crippen molar-refractivity contribution in [1.29, 1.82) is 0 Å². The minimum absolute atomic E-state index is 0.162. The zero-order valence-electron chi connectivity index (χ0n) is 15.5. The maximum absolute atomic E-state index is 6.31. The number of rotatable bonds is 3. The molecule has 2 fully saturated rings. The molecule has 1 aromatic heterocycles. The number of aromatic nitrogens is 2. The Morgan fingerprint density at radius 2 is 1.77 bits per heavy atom. The number of benzene rings is 1. The first-order valence-corrected chi connectivity index (χ1v) is 9.24. The first-order valence-electron chi connectivity index (χ1n) is 9.24. The van der Waals surface area contributed by atoms with E-state index in [-0.39, 0.29) is 5.60 Å². The molecule has 6 nitrogen and oxygen atoms in total. The van der Waals surface area contributed by atoms with Crippen molar-refractivity contribution in [3.63, 3.8) is 0 Å². The molecule has 1 aromatic carbocycles. The zero-order valence-corrected chi connectivity index (χ0v) is 15.5. The fraction of sp³-hybridized carbons (Fsp3) is 0.500. The van der Waals surface area contributed by atoms with Crippen LogP contribution in [0, 0.1) is 6.92 Å². The van der Waals surface area contributed by atoms with Gasteiger partial charge in [-0.3, -0.25) is 0 Å². The molecular formula is C20H26N4O2. The second-order valence-electron chi connectivity index (χ2n) is 7.24. The van der Waals surface area contributed by atoms with Gasteiger partial charge in [-0.2, -0.15) is 0 Å². The summed E-state index contributed by atoms with van der Waals surface area (Å²) in [6.07, 6.45) is 5.96. The summed E-state index contributed by atoms with van der Waals surface area (Å²) in [7, 11) is 1.70. The molecule has 4 rings (SSSR count). The summed E-state index contributed by atoms with van der Waals surface area (Å²) in [5, 5.41) is 0. The van der Waals surface area contributed by atoms with E-state index in [1.165, 1.54) is 5.69 Å². The summed E-state index contributed by atoms with van der Waals surface area (Å²) < 4.78 is 11.6. The lowest BCUT2D eigenvalue weighted by molar-refractivity contribution is -0.0632. The fourth-order valence-electron chi connectivity index (χ4n) is 3.92. The van der Waals surface area contributed by atoms with Gasteiger partial charge in [-0.25, -0.2) is 9.97 Å². The number of aryl methyl sites for hydroxylation is 1. The molecule has 0 aliphatic carbocycles. The third-order valence-corrected chi connectivity index (χ3v) is 5.28. The van der Waals surface area contributed by atoms with Crippen molar-refractivity contribution in [2.45, 2.75) is 25.4 Å². The Hall–Kier alpha value is -2.34. The fourth-order valence-corrected chi connectivity index (χ4v) is 3.92. The van der Waals surface area contributed by atoms with Gasteiger partial charge in [0.05, 0.1) is 20.3 Å². The van der Waals surface area contributed by atoms with Crippen LogP contribution in [0.1, 0.15) is 18.4 Å². The second-order valence-corrected chi connectivity index (χ2v) is 7.24. The van der Waals surface area contributed by atoms with Crippen LogP contribution >= 0.6 is 0 Å². The Labute approximate surface area is 154 Å². The Balaban J connectivity index is 1.50. The molecule has 0 radical (unpaired) electrons. The summed E-state index contributed by atoms with van der Waals surface area (Å²) >= 11 is 0. The van der Waals surface area contributed by atoms with Gasteiger partial charge in [0, 0.05) is 37.7 Å². The molecule has 6 heteroatoms. The SMILES string of the molecule is COc1ccc(N2CCC[C@]3(C2)CN(c2ncc(C)cn2)CCO3)cc1. The summed E-state index contributed by atoms with van der Waals surface area (Å²) in [5.74, 6) is 1.69. The van der Waals surface area contributed by atoms with E-state index in [1.54, 1.807) is 7.11 Å². The first kappa shape index (κ1) is 17.1. The maximum atomic E-state index is 6.31. The van der Waals surface area contributed by atoms with E-state index in [4.69, 9.17) is 9.47 Å². The highest BCUT2D eigenvalue weighted by Crippen LogP contribution is 2.33. The summed E-state index contributed by atoms with van der Waals surface area (Å²) in [6.45, 7) is 6.35. The van der Waals surface area contributed by atoms with Crippen LogP contribution < -0.4 is 14.5 Å². The van der Waals surface area contributed by atoms with Gasteiger partial charge in [0.2, 0.25) is 5.95 Å². The van der Waals surface area contributed by atoms with E-state index in [2.05, 4.69) is 31.9 Å². The van der Waals surface area contributed by atoms with Gasteiger partial charge in [0.15, 0.2) is 0 Å². The zero-order chi connectivity index (χ0) is 18.0. The molecule has 0 saturated carbocycles. The molecule has 1 atom stereocenters. The van der Waals surface area contributed by atoms with E-state index in [1.807, 2.05) is 31.5 Å². The van der Waals surface area contributed by atoms with Crippen LogP contribution in [0.2, 0.25) is 0 Å². The Morgan fingerprint density at radius 3 is 2.50 bits per heavy atom. The number of anilines is 2. The number of morpholine rings is 1. The van der Waals surface area contributed by atoms with Gasteiger partial charge in [0.25, 0.3) is 0 Å². The molecule has 2 aliphatic rings. The molecule has 26 heavy (non-hydrogen) atoms. The van der Waals surface area contributed by atoms with E-state index in [0.29, 0.717) is 6.61 Å². The summed E-state index contributed by atoms with van der Waals surface area (Å²) in [4.78, 5) is 13.7. The molecule has 2 aliphatic heterocycles. The number of hydrogen-bond acceptors (Lipinski definition) is 6. The molecule has 0 bridgehead atoms. The van der Waals surface area contributed by atoms with Crippen LogP contribution in [0.25, 0.3) is 0 Å². The number of nitrogens with zero attached hydrogens (tertiary/aromatic N) is 4. The average Bonchev–Trinajstić information content (AvgIpc) is 2.69. The van der Waals surface area contributed by atoms with Crippen LogP contribution in [-0.2, 0) is 4.74 Å². The molecule has 138 valence electrons. The number of methoxy groups -OCH3 is 1. The van der Waals surface area contributed by atoms with E-state index >= 15 is 0 Å². The van der Waals surface area contributed by atoms with Crippen molar-refractivity contribution in [1.82, 2.24) is 9.97 Å². The quantitative estimate of drug-likeness (QED) is 0.845. The lowest BCUT2D eigenvalue weighted by Crippen LogP contribution is -2.60. The van der Waals surface area contributed by atoms with Gasteiger partial charge >= 0.3 is 0 Å². The second kappa shape index (κ2) is 7.11. The van der Waals surface area contributed by atoms with Crippen molar-refractivity contribution < 1.29 is 9.47 Å². The summed E-state index contributed by atoms with van der Waals surface area (Å²) in [6, 6.07) is 8.29. The minimum Gasteiger partial charge on any atom is -0.497 e. The van der Waals surface area contributed by atoms with Crippen LogP contribution in [0.3, 0.4) is 0 Å². The monoisotopic (exact) mass is 354 g/mol. The molecule has 0 unspecified atom stereocenters. The predicted molar refractivity (Wildman–Crippen MR) is 102 cm³/mol. The van der Waals surface area contributed by atoms with Gasteiger partial charge in [0.1, 0.15) is 11.4 Å². The van der Waals surface area contributed by atoms with Crippen LogP contribution in [0.5, 0.6) is 5.75 Å². The summed E-state index contributed by atoms with van der Waals surface area (Å²) in [5.41, 5.74) is 2.14. The van der Waals surface area contributed by atoms with Crippen molar-refractivity contribution in [2.75, 3.05) is 49.7 Å². The van der Waals surface area contributed by atoms with Crippen molar-refractivity contribution in [3.05, 3.63) is 42.2 Å². The van der Waals surface area contributed by atoms with Crippen LogP contribution in [-0.4, -0.2) is 55.5 Å². The van der Waals surface area contributed by atoms with Crippen molar-refractivity contribution in [3.8, 4) is 5.75 Å². The predicted octanol–water partition coefficient (Wildman–Crippen LogP) is 2.67. The van der Waals surface area contributed by atoms with Gasteiger partial charge < -0.3 is 19.3 Å². The minimum atomic E-state index is -0.162. The van der Waals surface area contributed by atoms with E-state index < -0.39 is 0 Å². The average molecular weight is 354 g/mol. The molecule has 0 amide bonds. The highest BCUT2D eigenvalue weighted by molar-refractivity contribution is 5.50. The van der Waals surface area contributed by atoms with Crippen LogP contribution in [0.4, 0.5) is 11.6 Å². The van der Waals surface area contributed by atoms with Gasteiger partial charge in [-0.1, -0.05) is 0 Å². The Bertz CT molecular complexity index is 730. The largest absolute Gasteiger partial charge is 0.497 e. The lowest BCUT2D eigenvalue weighted by Gasteiger charge is -2.48. The van der Waals surface area contributed by atoms with Crippen molar-refractivity contribution in [2.24, 2.45) is 0 Å². The highest BCUT2D eigenvalue weighted by Gasteiger charge is 2.41. The Morgan fingerprint density at radius 1 is 1.04 bits per heavy atom. The third-order valence-electron chi connectivity index (χ3n) is 5.28. The molecule has 2 saturated heterocycles. The topological polar surface area (TPSA) is 50.7 Å². The smallest absolute Gasteiger partial charge is 0.225 e. The highest BCUT2D eigenvalue weighted by atomic mass is 16.5. The normalized spacial score (nSPS) is 23.3. The number of piperidine rings is 1. The van der Waals surface area contributed by atoms with Gasteiger partial charge in [-0.05, 0) is 49.6 Å². The van der Waals surface area contributed by atoms with Crippen molar-refractivity contribution >= 4 is 11.6 Å². The third kappa shape index (κ3) is 3.46. The molecule has 1 spiro atoms. The van der Waals surface area contributed by atoms with Crippen LogP contribution in [0.15, 0.2) is 36.7 Å². The van der Waals surface area contributed by atoms with Gasteiger partial charge in [-0.15, -0.1) is 0 Å². The van der Waals surface area contributed by atoms with E-state index in [0.717, 1.165) is 56.3 Å². The molecule has 0 N–H and O–H groups in total. The standard InChI is InChI=1S/C20H26N4O2/c1-16-12-21-19(22-13-16)24-10-11-26-20(15-24)8-3-9-23(14-20)17-4-6-18(25-2)7-5-17/h4-7,12-13H,3,8-11,14-15H2,1-2H3/t20-/m0/s1. The van der Waals surface area contributed by atoms with E-state index in [9.17, 15) is 0 Å². The maximum Gasteiger partial charge on any atom is 0.225 e. The lowest BCUT2D eigenvalue weighted by atomic mass is 9.90.